The van der Waals surface area contributed by atoms with Crippen molar-refractivity contribution in [1.82, 2.24) is 10.2 Å². The number of anilines is 2. The first-order chi connectivity index (χ1) is 25.7. The molecule has 0 aliphatic carbocycles. The van der Waals surface area contributed by atoms with Crippen LogP contribution in [0.2, 0.25) is 0 Å². The molecule has 1 aromatic heterocycles. The largest absolute Gasteiger partial charge is 0.461 e. The van der Waals surface area contributed by atoms with Gasteiger partial charge in [-0.25, -0.2) is 0 Å². The highest BCUT2D eigenvalue weighted by atomic mass is 79.9. The van der Waals surface area contributed by atoms with Crippen molar-refractivity contribution in [3.8, 4) is 11.5 Å². The Kier molecular flexibility index (Phi) is 12.5. The fraction of sp³-hybridized carbons (Fsp3) is 0.390. The molecule has 0 bridgehead atoms. The van der Waals surface area contributed by atoms with E-state index in [-0.39, 0.29) is 50.3 Å². The predicted octanol–water partition coefficient (Wildman–Crippen LogP) is 9.24. The number of halogens is 2. The molecule has 53 heavy (non-hydrogen) atoms. The second-order valence-electron chi connectivity index (χ2n) is 13.1. The normalized spacial score (nSPS) is 15.4. The Hall–Kier alpha value is -3.87. The van der Waals surface area contributed by atoms with Gasteiger partial charge in [0.05, 0.1) is 7.57 Å². The molecule has 1 unspecified atom stereocenters. The third kappa shape index (κ3) is 7.73. The molecular formula is C41H46Br2N4O5S. The molecule has 6 rings (SSSR count). The molecule has 1 spiro atoms. The van der Waals surface area contributed by atoms with Crippen molar-refractivity contribution in [3.05, 3.63) is 102 Å². The summed E-state index contributed by atoms with van der Waals surface area (Å²) in [5, 5.41) is 3.05. The van der Waals surface area contributed by atoms with Gasteiger partial charge in [-0.1, -0.05) is 24.3 Å². The fourth-order valence-electron chi connectivity index (χ4n) is 7.55. The van der Waals surface area contributed by atoms with Gasteiger partial charge in [0.1, 0.15) is 23.6 Å². The highest BCUT2D eigenvalue weighted by molar-refractivity contribution is 9.12. The van der Waals surface area contributed by atoms with Crippen LogP contribution in [0.3, 0.4) is 0 Å². The lowest BCUT2D eigenvalue weighted by atomic mass is 9.74. The fourth-order valence-corrected chi connectivity index (χ4v) is 10.3. The van der Waals surface area contributed by atoms with Crippen LogP contribution in [0.15, 0.2) is 74.3 Å². The standard InChI is InChI=1S/C41H46Br2N4O5S/c1-5-45(6-2)28-18-20-34-33(24-28)41(32-19-17-29(25-35(32)52-34)46(7-3)8-4)31-14-10-9-13-30(31)40(50)47(41)22-21-44-37(48)15-11-12-16-38(49)51-26-27-23-36(42)53-39(27)43/h9-10,13-14,17-20,23-25H,5-8,11-12,15-16,21-22,26H2,1-4H3,(H,44,48). The minimum Gasteiger partial charge on any atom is -0.461 e. The summed E-state index contributed by atoms with van der Waals surface area (Å²) in [5.41, 5.74) is 5.40. The Labute approximate surface area is 332 Å². The molecule has 4 aromatic rings. The Morgan fingerprint density at radius 1 is 0.830 bits per heavy atom. The molecule has 0 radical (unpaired) electrons. The first-order valence-corrected chi connectivity index (χ1v) is 20.8. The van der Waals surface area contributed by atoms with E-state index in [0.29, 0.717) is 29.9 Å². The Bertz CT molecular complexity index is 1980. The quantitative estimate of drug-likeness (QED) is 0.0888. The molecule has 0 saturated carbocycles. The van der Waals surface area contributed by atoms with E-state index in [2.05, 4.69) is 111 Å². The lowest BCUT2D eigenvalue weighted by Crippen LogP contribution is -2.50. The van der Waals surface area contributed by atoms with E-state index in [1.165, 1.54) is 11.3 Å². The van der Waals surface area contributed by atoms with Gasteiger partial charge < -0.3 is 29.5 Å². The average Bonchev–Trinajstić information content (AvgIpc) is 3.62. The number of hydrogen-bond acceptors (Lipinski definition) is 8. The number of carbonyl (C=O) groups excluding carboxylic acids is 3. The highest BCUT2D eigenvalue weighted by Gasteiger charge is 2.56. The molecule has 0 saturated heterocycles. The number of unbranched alkanes of at least 4 members (excludes halogenated alkanes) is 1. The van der Waals surface area contributed by atoms with Gasteiger partial charge in [0.15, 0.2) is 0 Å². The zero-order valence-electron chi connectivity index (χ0n) is 30.7. The zero-order valence-corrected chi connectivity index (χ0v) is 34.7. The first kappa shape index (κ1) is 38.8. The van der Waals surface area contributed by atoms with E-state index in [1.54, 1.807) is 0 Å². The lowest BCUT2D eigenvalue weighted by molar-refractivity contribution is -0.145. The third-order valence-corrected chi connectivity index (χ3v) is 12.7. The summed E-state index contributed by atoms with van der Waals surface area (Å²) in [6, 6.07) is 22.4. The Morgan fingerprint density at radius 2 is 1.51 bits per heavy atom. The number of ether oxygens (including phenoxy) is 2. The summed E-state index contributed by atoms with van der Waals surface area (Å²) >= 11 is 8.45. The molecule has 3 heterocycles. The minimum atomic E-state index is -0.971. The molecule has 2 amide bonds. The van der Waals surface area contributed by atoms with Crippen LogP contribution >= 0.6 is 43.2 Å². The molecule has 2 aliphatic rings. The Balaban J connectivity index is 1.22. The number of rotatable bonds is 16. The second-order valence-corrected chi connectivity index (χ2v) is 16.8. The van der Waals surface area contributed by atoms with Crippen LogP contribution in [-0.4, -0.2) is 62.0 Å². The summed E-state index contributed by atoms with van der Waals surface area (Å²) in [6.45, 7) is 12.7. The molecule has 280 valence electrons. The van der Waals surface area contributed by atoms with Gasteiger partial charge >= 0.3 is 5.97 Å². The number of benzene rings is 3. The van der Waals surface area contributed by atoms with Gasteiger partial charge in [0, 0.05) is 91.8 Å². The molecule has 9 nitrogen and oxygen atoms in total. The van der Waals surface area contributed by atoms with Crippen LogP contribution in [0.1, 0.15) is 86.0 Å². The molecule has 1 atom stereocenters. The van der Waals surface area contributed by atoms with E-state index in [0.717, 1.165) is 67.4 Å². The van der Waals surface area contributed by atoms with E-state index < -0.39 is 5.54 Å². The summed E-state index contributed by atoms with van der Waals surface area (Å²) < 4.78 is 14.0. The van der Waals surface area contributed by atoms with Crippen molar-refractivity contribution in [2.75, 3.05) is 49.1 Å². The number of nitrogens with one attached hydrogen (secondary N) is 1. The van der Waals surface area contributed by atoms with Gasteiger partial charge in [-0.15, -0.1) is 11.3 Å². The van der Waals surface area contributed by atoms with Crippen LogP contribution in [-0.2, 0) is 26.5 Å². The van der Waals surface area contributed by atoms with Crippen molar-refractivity contribution in [1.29, 1.82) is 0 Å². The monoisotopic (exact) mass is 864 g/mol. The van der Waals surface area contributed by atoms with E-state index in [1.807, 2.05) is 35.2 Å². The second kappa shape index (κ2) is 17.1. The van der Waals surface area contributed by atoms with Crippen molar-refractivity contribution in [2.45, 2.75) is 65.5 Å². The molecule has 12 heteroatoms. The molecule has 1 N–H and O–H groups in total. The van der Waals surface area contributed by atoms with Crippen molar-refractivity contribution >= 4 is 72.4 Å². The first-order valence-electron chi connectivity index (χ1n) is 18.4. The summed E-state index contributed by atoms with van der Waals surface area (Å²) in [4.78, 5) is 46.4. The number of hydrogen-bond donors (Lipinski definition) is 1. The van der Waals surface area contributed by atoms with Gasteiger partial charge in [-0.3, -0.25) is 14.4 Å². The topological polar surface area (TPSA) is 91.4 Å². The van der Waals surface area contributed by atoms with Crippen molar-refractivity contribution in [2.24, 2.45) is 0 Å². The predicted molar refractivity (Wildman–Crippen MR) is 218 cm³/mol. The van der Waals surface area contributed by atoms with Crippen LogP contribution in [0, 0.1) is 0 Å². The van der Waals surface area contributed by atoms with Gasteiger partial charge in [-0.2, -0.15) is 0 Å². The van der Waals surface area contributed by atoms with E-state index >= 15 is 0 Å². The number of carbonyl (C=O) groups is 3. The zero-order chi connectivity index (χ0) is 37.7. The lowest BCUT2D eigenvalue weighted by Gasteiger charge is -2.45. The number of esters is 1. The average molecular weight is 867 g/mol. The van der Waals surface area contributed by atoms with E-state index in [4.69, 9.17) is 9.47 Å². The summed E-state index contributed by atoms with van der Waals surface area (Å²) in [6.07, 6.45) is 1.61. The molecule has 2 aliphatic heterocycles. The maximum Gasteiger partial charge on any atom is 0.306 e. The number of fused-ring (bicyclic) bond motifs is 6. The maximum atomic E-state index is 14.5. The molecule has 3 aromatic carbocycles. The van der Waals surface area contributed by atoms with Crippen molar-refractivity contribution < 1.29 is 23.9 Å². The number of amides is 2. The van der Waals surface area contributed by atoms with Crippen molar-refractivity contribution in [3.63, 3.8) is 0 Å². The smallest absolute Gasteiger partial charge is 0.306 e. The van der Waals surface area contributed by atoms with Crippen LogP contribution in [0.5, 0.6) is 11.5 Å². The van der Waals surface area contributed by atoms with Crippen LogP contribution in [0.4, 0.5) is 11.4 Å². The number of thiophene rings is 1. The maximum absolute atomic E-state index is 14.5. The summed E-state index contributed by atoms with van der Waals surface area (Å²) in [5.74, 6) is 0.921. The van der Waals surface area contributed by atoms with Crippen LogP contribution < -0.4 is 19.9 Å². The summed E-state index contributed by atoms with van der Waals surface area (Å²) in [7, 11) is 0. The highest BCUT2D eigenvalue weighted by Crippen LogP contribution is 2.58. The number of nitrogens with zero attached hydrogens (tertiary/aromatic N) is 3. The van der Waals surface area contributed by atoms with E-state index in [9.17, 15) is 14.4 Å². The Morgan fingerprint density at radius 3 is 2.21 bits per heavy atom. The van der Waals surface area contributed by atoms with Gasteiger partial charge in [0.25, 0.3) is 5.91 Å². The van der Waals surface area contributed by atoms with Gasteiger partial charge in [-0.05, 0) is 114 Å². The van der Waals surface area contributed by atoms with Crippen LogP contribution in [0.25, 0.3) is 0 Å². The molecular weight excluding hydrogens is 820 g/mol. The third-order valence-electron chi connectivity index (χ3n) is 10.2. The minimum absolute atomic E-state index is 0.0879. The molecule has 0 fully saturated rings. The SMILES string of the molecule is CCN(CC)c1ccc2c(c1)Oc1ccc(N(CC)CC)cc1C21c2ccccc2C(=O)N1CCNC(=O)CCCCC(=O)OCc1cc(Br)sc1Br. The van der Waals surface area contributed by atoms with Gasteiger partial charge in [0.2, 0.25) is 5.91 Å².